The summed E-state index contributed by atoms with van der Waals surface area (Å²) in [6.45, 7) is 12.0. The summed E-state index contributed by atoms with van der Waals surface area (Å²) >= 11 is 0. The number of anilines is 1. The number of ketones is 1. The minimum Gasteiger partial charge on any atom is -0.507 e. The molecular formula is C33H35NO6. The molecule has 0 aromatic heterocycles. The van der Waals surface area contributed by atoms with Gasteiger partial charge in [-0.15, -0.1) is 0 Å². The van der Waals surface area contributed by atoms with Gasteiger partial charge in [0.05, 0.1) is 30.4 Å². The number of aliphatic hydroxyl groups is 1. The molecular weight excluding hydrogens is 506 g/mol. The van der Waals surface area contributed by atoms with E-state index in [1.54, 1.807) is 30.3 Å². The molecule has 1 amide bonds. The molecule has 1 saturated heterocycles. The van der Waals surface area contributed by atoms with Crippen LogP contribution < -0.4 is 9.64 Å². The van der Waals surface area contributed by atoms with Gasteiger partial charge < -0.3 is 14.6 Å². The van der Waals surface area contributed by atoms with Crippen LogP contribution in [0.5, 0.6) is 5.75 Å². The van der Waals surface area contributed by atoms with E-state index in [0.717, 1.165) is 11.1 Å². The Morgan fingerprint density at radius 2 is 1.52 bits per heavy atom. The number of hydrogen-bond acceptors (Lipinski definition) is 6. The van der Waals surface area contributed by atoms with Crippen molar-refractivity contribution in [3.8, 4) is 5.75 Å². The second kappa shape index (κ2) is 11.0. The number of aliphatic hydroxyl groups excluding tert-OH is 1. The summed E-state index contributed by atoms with van der Waals surface area (Å²) < 4.78 is 10.6. The van der Waals surface area contributed by atoms with Gasteiger partial charge in [0.1, 0.15) is 11.5 Å². The number of hydrogen-bond donors (Lipinski definition) is 1. The van der Waals surface area contributed by atoms with Crippen LogP contribution in [0.4, 0.5) is 5.69 Å². The van der Waals surface area contributed by atoms with Crippen molar-refractivity contribution in [3.63, 3.8) is 0 Å². The monoisotopic (exact) mass is 541 g/mol. The Morgan fingerprint density at radius 1 is 0.925 bits per heavy atom. The van der Waals surface area contributed by atoms with Crippen LogP contribution in [-0.2, 0) is 19.7 Å². The van der Waals surface area contributed by atoms with Gasteiger partial charge in [0, 0.05) is 11.3 Å². The molecule has 1 N–H and O–H groups in total. The summed E-state index contributed by atoms with van der Waals surface area (Å²) in [4.78, 5) is 40.4. The number of esters is 1. The number of ether oxygens (including phenoxy) is 2. The van der Waals surface area contributed by atoms with Crippen molar-refractivity contribution < 1.29 is 29.0 Å². The number of benzene rings is 3. The number of carbonyl (C=O) groups excluding carboxylic acids is 3. The van der Waals surface area contributed by atoms with Gasteiger partial charge in [-0.3, -0.25) is 14.5 Å². The quantitative estimate of drug-likeness (QED) is 0.166. The average molecular weight is 542 g/mol. The normalized spacial score (nSPS) is 16.9. The first-order valence-corrected chi connectivity index (χ1v) is 13.2. The second-order valence-corrected chi connectivity index (χ2v) is 11.2. The maximum absolute atomic E-state index is 13.5. The van der Waals surface area contributed by atoms with Crippen molar-refractivity contribution in [3.05, 3.63) is 100 Å². The number of amides is 1. The summed E-state index contributed by atoms with van der Waals surface area (Å²) in [7, 11) is 1.29. The third kappa shape index (κ3) is 5.50. The van der Waals surface area contributed by atoms with Gasteiger partial charge in [-0.2, -0.15) is 0 Å². The fourth-order valence-electron chi connectivity index (χ4n) is 4.79. The fourth-order valence-corrected chi connectivity index (χ4v) is 4.79. The lowest BCUT2D eigenvalue weighted by Crippen LogP contribution is -2.29. The van der Waals surface area contributed by atoms with Gasteiger partial charge in [-0.25, -0.2) is 4.79 Å². The standard InChI is InChI=1S/C33H35NO6/c1-19(2)40-26-17-12-23(18-20(26)3)29(35)27-28(21-8-13-24(14-9-21)33(4,5)6)34(31(37)30(27)36)25-15-10-22(11-16-25)32(38)39-7/h8-19,28,35H,1-7H3/b29-27-. The summed E-state index contributed by atoms with van der Waals surface area (Å²) in [5, 5.41) is 11.5. The molecule has 40 heavy (non-hydrogen) atoms. The minimum atomic E-state index is -0.884. The predicted molar refractivity (Wildman–Crippen MR) is 155 cm³/mol. The lowest BCUT2D eigenvalue weighted by molar-refractivity contribution is -0.132. The van der Waals surface area contributed by atoms with E-state index in [4.69, 9.17) is 9.47 Å². The number of nitrogens with zero attached hydrogens (tertiary/aromatic N) is 1. The van der Waals surface area contributed by atoms with Gasteiger partial charge in [0.25, 0.3) is 11.7 Å². The van der Waals surface area contributed by atoms with Crippen LogP contribution >= 0.6 is 0 Å². The largest absolute Gasteiger partial charge is 0.507 e. The smallest absolute Gasteiger partial charge is 0.337 e. The summed E-state index contributed by atoms with van der Waals surface area (Å²) in [5.41, 5.74) is 3.57. The molecule has 1 aliphatic heterocycles. The molecule has 0 bridgehead atoms. The molecule has 0 radical (unpaired) electrons. The maximum Gasteiger partial charge on any atom is 0.337 e. The third-order valence-electron chi connectivity index (χ3n) is 6.91. The van der Waals surface area contributed by atoms with E-state index < -0.39 is 23.7 Å². The fraction of sp³-hybridized carbons (Fsp3) is 0.303. The molecule has 1 aliphatic rings. The summed E-state index contributed by atoms with van der Waals surface area (Å²) in [5.74, 6) is -1.67. The maximum atomic E-state index is 13.5. The summed E-state index contributed by atoms with van der Waals surface area (Å²) in [6.07, 6.45) is -0.0230. The summed E-state index contributed by atoms with van der Waals surface area (Å²) in [6, 6.07) is 18.2. The highest BCUT2D eigenvalue weighted by atomic mass is 16.5. The highest BCUT2D eigenvalue weighted by molar-refractivity contribution is 6.51. The lowest BCUT2D eigenvalue weighted by atomic mass is 9.85. The van der Waals surface area contributed by atoms with Gasteiger partial charge in [-0.1, -0.05) is 45.0 Å². The van der Waals surface area contributed by atoms with Gasteiger partial charge in [-0.05, 0) is 85.3 Å². The minimum absolute atomic E-state index is 0.0116. The van der Waals surface area contributed by atoms with Gasteiger partial charge >= 0.3 is 5.97 Å². The first-order valence-electron chi connectivity index (χ1n) is 13.2. The number of rotatable bonds is 6. The SMILES string of the molecule is COC(=O)c1ccc(N2C(=O)C(=O)/C(=C(\O)c3ccc(OC(C)C)c(C)c3)C2c2ccc(C(C)(C)C)cc2)cc1. The zero-order valence-electron chi connectivity index (χ0n) is 23.9. The molecule has 3 aromatic rings. The van der Waals surface area contributed by atoms with E-state index in [9.17, 15) is 19.5 Å². The molecule has 0 spiro atoms. The highest BCUT2D eigenvalue weighted by Gasteiger charge is 2.47. The van der Waals surface area contributed by atoms with Crippen LogP contribution in [0.15, 0.2) is 72.3 Å². The molecule has 1 atom stereocenters. The van der Waals surface area contributed by atoms with Crippen molar-refractivity contribution in [1.29, 1.82) is 0 Å². The van der Waals surface area contributed by atoms with Gasteiger partial charge in [0.2, 0.25) is 0 Å². The zero-order chi connectivity index (χ0) is 29.4. The van der Waals surface area contributed by atoms with E-state index in [1.165, 1.54) is 24.1 Å². The molecule has 1 heterocycles. The van der Waals surface area contributed by atoms with Crippen molar-refractivity contribution in [1.82, 2.24) is 0 Å². The third-order valence-corrected chi connectivity index (χ3v) is 6.91. The Hall–Kier alpha value is -4.39. The van der Waals surface area contributed by atoms with Crippen LogP contribution in [-0.4, -0.2) is 36.0 Å². The first-order chi connectivity index (χ1) is 18.8. The van der Waals surface area contributed by atoms with Crippen molar-refractivity contribution in [2.45, 2.75) is 59.1 Å². The average Bonchev–Trinajstić information content (AvgIpc) is 3.18. The molecule has 1 unspecified atom stereocenters. The highest BCUT2D eigenvalue weighted by Crippen LogP contribution is 2.43. The van der Waals surface area contributed by atoms with E-state index >= 15 is 0 Å². The molecule has 1 fully saturated rings. The van der Waals surface area contributed by atoms with Crippen LogP contribution in [0.2, 0.25) is 0 Å². The van der Waals surface area contributed by atoms with Crippen LogP contribution in [0, 0.1) is 6.92 Å². The molecule has 7 nitrogen and oxygen atoms in total. The van der Waals surface area contributed by atoms with E-state index in [1.807, 2.05) is 45.0 Å². The Bertz CT molecular complexity index is 1480. The van der Waals surface area contributed by atoms with Crippen molar-refractivity contribution in [2.75, 3.05) is 12.0 Å². The van der Waals surface area contributed by atoms with Crippen LogP contribution in [0.3, 0.4) is 0 Å². The van der Waals surface area contributed by atoms with Crippen molar-refractivity contribution in [2.24, 2.45) is 0 Å². The Kier molecular flexibility index (Phi) is 7.87. The number of Topliss-reactive ketones (excluding diaryl/α,β-unsaturated/α-hetero) is 1. The number of aryl methyl sites for hydroxylation is 1. The second-order valence-electron chi connectivity index (χ2n) is 11.2. The van der Waals surface area contributed by atoms with Crippen molar-refractivity contribution >= 4 is 29.1 Å². The molecule has 4 rings (SSSR count). The van der Waals surface area contributed by atoms with E-state index in [2.05, 4.69) is 20.8 Å². The first kappa shape index (κ1) is 28.6. The van der Waals surface area contributed by atoms with Crippen LogP contribution in [0.25, 0.3) is 5.76 Å². The predicted octanol–water partition coefficient (Wildman–Crippen LogP) is 6.49. The zero-order valence-corrected chi connectivity index (χ0v) is 23.9. The molecule has 7 heteroatoms. The van der Waals surface area contributed by atoms with E-state index in [0.29, 0.717) is 28.1 Å². The Labute approximate surface area is 235 Å². The molecule has 208 valence electrons. The topological polar surface area (TPSA) is 93.1 Å². The molecule has 3 aromatic carbocycles. The van der Waals surface area contributed by atoms with Gasteiger partial charge in [0.15, 0.2) is 0 Å². The number of methoxy groups -OCH3 is 1. The van der Waals surface area contributed by atoms with Crippen LogP contribution in [0.1, 0.15) is 73.3 Å². The molecule has 0 aliphatic carbocycles. The number of carbonyl (C=O) groups is 3. The lowest BCUT2D eigenvalue weighted by Gasteiger charge is -2.27. The molecule has 0 saturated carbocycles. The Balaban J connectivity index is 1.88. The van der Waals surface area contributed by atoms with E-state index in [-0.39, 0.29) is 22.9 Å². The Morgan fingerprint density at radius 3 is 2.05 bits per heavy atom.